The van der Waals surface area contributed by atoms with Crippen LogP contribution in [0, 0.1) is 0 Å². The Bertz CT molecular complexity index is 271. The van der Waals surface area contributed by atoms with Gasteiger partial charge in [0.1, 0.15) is 0 Å². The van der Waals surface area contributed by atoms with Crippen LogP contribution in [0.3, 0.4) is 0 Å². The van der Waals surface area contributed by atoms with Gasteiger partial charge in [0.15, 0.2) is 0 Å². The molecule has 0 radical (unpaired) electrons. The van der Waals surface area contributed by atoms with Crippen molar-refractivity contribution in [3.05, 3.63) is 29.8 Å². The Labute approximate surface area is 99.2 Å². The monoisotopic (exact) mass is 187 g/mol. The summed E-state index contributed by atoms with van der Waals surface area (Å²) >= 11 is 0. The third-order valence-corrected chi connectivity index (χ3v) is 1.60. The maximum Gasteiger partial charge on any atom is 1.00 e. The van der Waals surface area contributed by atoms with Crippen LogP contribution in [-0.2, 0) is 11.2 Å². The van der Waals surface area contributed by atoms with Gasteiger partial charge in [0.2, 0.25) is 0 Å². The Morgan fingerprint density at radius 3 is 2.31 bits per heavy atom. The van der Waals surface area contributed by atoms with Gasteiger partial charge in [-0.05, 0) is 30.5 Å². The van der Waals surface area contributed by atoms with Gasteiger partial charge < -0.3 is 15.6 Å². The zero-order valence-electron chi connectivity index (χ0n) is 7.62. The first-order chi connectivity index (χ1) is 5.68. The van der Waals surface area contributed by atoms with Gasteiger partial charge in [-0.2, -0.15) is 0 Å². The quantitative estimate of drug-likeness (QED) is 0.404. The van der Waals surface area contributed by atoms with E-state index < -0.39 is 5.97 Å². The molecule has 2 N–H and O–H groups in total. The number of rotatable bonds is 3. The summed E-state index contributed by atoms with van der Waals surface area (Å²) in [4.78, 5) is 10.1. The molecule has 64 valence electrons. The molecular formula is C9H10NNaO2. The molecule has 0 atom stereocenters. The molecule has 0 saturated carbocycles. The van der Waals surface area contributed by atoms with Crippen molar-refractivity contribution in [1.82, 2.24) is 0 Å². The fourth-order valence-electron chi connectivity index (χ4n) is 0.931. The summed E-state index contributed by atoms with van der Waals surface area (Å²) in [6, 6.07) is 7.14. The zero-order valence-corrected chi connectivity index (χ0v) is 9.62. The number of carbonyl (C=O) groups is 1. The molecule has 0 fully saturated rings. The molecule has 4 heteroatoms. The first kappa shape index (κ1) is 12.5. The van der Waals surface area contributed by atoms with E-state index in [4.69, 9.17) is 5.73 Å². The van der Waals surface area contributed by atoms with Gasteiger partial charge in [-0.1, -0.05) is 12.1 Å². The SMILES string of the molecule is Nc1ccc(CCC(=O)[O-])cc1.[Na+]. The molecule has 0 amide bonds. The van der Waals surface area contributed by atoms with E-state index in [1.807, 2.05) is 12.1 Å². The van der Waals surface area contributed by atoms with Crippen LogP contribution in [0.15, 0.2) is 24.3 Å². The van der Waals surface area contributed by atoms with Crippen molar-refractivity contribution in [2.24, 2.45) is 0 Å². The molecule has 0 bridgehead atoms. The molecule has 0 aromatic heterocycles. The maximum atomic E-state index is 10.1. The van der Waals surface area contributed by atoms with Crippen LogP contribution < -0.4 is 40.4 Å². The maximum absolute atomic E-state index is 10.1. The molecule has 0 aliphatic rings. The number of aliphatic carboxylic acids is 1. The van der Waals surface area contributed by atoms with Crippen LogP contribution >= 0.6 is 0 Å². The van der Waals surface area contributed by atoms with Crippen molar-refractivity contribution in [1.29, 1.82) is 0 Å². The van der Waals surface area contributed by atoms with Crippen LogP contribution in [0.2, 0.25) is 0 Å². The average molecular weight is 187 g/mol. The van der Waals surface area contributed by atoms with E-state index in [0.717, 1.165) is 5.56 Å². The molecular weight excluding hydrogens is 177 g/mol. The van der Waals surface area contributed by atoms with E-state index in [9.17, 15) is 9.90 Å². The first-order valence-electron chi connectivity index (χ1n) is 3.73. The summed E-state index contributed by atoms with van der Waals surface area (Å²) in [6.45, 7) is 0. The largest absolute Gasteiger partial charge is 1.00 e. The summed E-state index contributed by atoms with van der Waals surface area (Å²) in [5, 5.41) is 10.1. The number of anilines is 1. The minimum absolute atomic E-state index is 0. The van der Waals surface area contributed by atoms with Gasteiger partial charge in [0.05, 0.1) is 0 Å². The van der Waals surface area contributed by atoms with E-state index in [0.29, 0.717) is 12.1 Å². The van der Waals surface area contributed by atoms with Crippen LogP contribution in [-0.4, -0.2) is 5.97 Å². The van der Waals surface area contributed by atoms with Gasteiger partial charge in [-0.25, -0.2) is 0 Å². The van der Waals surface area contributed by atoms with Gasteiger partial charge in [-0.15, -0.1) is 0 Å². The van der Waals surface area contributed by atoms with E-state index in [2.05, 4.69) is 0 Å². The molecule has 1 aromatic carbocycles. The third-order valence-electron chi connectivity index (χ3n) is 1.60. The Kier molecular flexibility index (Phi) is 5.79. The van der Waals surface area contributed by atoms with Gasteiger partial charge in [0, 0.05) is 11.7 Å². The molecule has 1 rings (SSSR count). The summed E-state index contributed by atoms with van der Waals surface area (Å²) in [5.74, 6) is -1.02. The van der Waals surface area contributed by atoms with E-state index in [-0.39, 0.29) is 36.0 Å². The van der Waals surface area contributed by atoms with E-state index in [1.165, 1.54) is 0 Å². The molecule has 1 aromatic rings. The summed E-state index contributed by atoms with van der Waals surface area (Å²) in [5.41, 5.74) is 7.11. The number of carbonyl (C=O) groups excluding carboxylic acids is 1. The van der Waals surface area contributed by atoms with E-state index >= 15 is 0 Å². The fraction of sp³-hybridized carbons (Fsp3) is 0.222. The van der Waals surface area contributed by atoms with Gasteiger partial charge in [0.25, 0.3) is 0 Å². The molecule has 0 saturated heterocycles. The van der Waals surface area contributed by atoms with Crippen molar-refractivity contribution in [2.75, 3.05) is 5.73 Å². The Hall–Kier alpha value is -0.510. The topological polar surface area (TPSA) is 66.2 Å². The van der Waals surface area contributed by atoms with Crippen LogP contribution in [0.4, 0.5) is 5.69 Å². The van der Waals surface area contributed by atoms with E-state index in [1.54, 1.807) is 12.1 Å². The third kappa shape index (κ3) is 4.93. The molecule has 0 spiro atoms. The number of carboxylic acids is 1. The molecule has 13 heavy (non-hydrogen) atoms. The summed E-state index contributed by atoms with van der Waals surface area (Å²) in [6.07, 6.45) is 0.562. The first-order valence-corrected chi connectivity index (χ1v) is 3.73. The second kappa shape index (κ2) is 6.02. The number of carboxylic acid groups (broad SMARTS) is 1. The zero-order chi connectivity index (χ0) is 8.97. The van der Waals surface area contributed by atoms with Gasteiger partial charge >= 0.3 is 29.6 Å². The van der Waals surface area contributed by atoms with Crippen molar-refractivity contribution in [2.45, 2.75) is 12.8 Å². The Balaban J connectivity index is 0.00000144. The molecule has 3 nitrogen and oxygen atoms in total. The molecule has 0 aliphatic carbocycles. The molecule has 0 heterocycles. The van der Waals surface area contributed by atoms with Crippen molar-refractivity contribution < 1.29 is 39.5 Å². The molecule has 0 aliphatic heterocycles. The predicted octanol–water partition coefficient (Wildman–Crippen LogP) is -3.04. The fourth-order valence-corrected chi connectivity index (χ4v) is 0.931. The normalized spacial score (nSPS) is 8.92. The number of benzene rings is 1. The predicted molar refractivity (Wildman–Crippen MR) is 44.2 cm³/mol. The standard InChI is InChI=1S/C9H11NO2.Na/c10-8-4-1-7(2-5-8)3-6-9(11)12;/h1-2,4-5H,3,6,10H2,(H,11,12);/q;+1/p-1. The van der Waals surface area contributed by atoms with Crippen molar-refractivity contribution in [3.63, 3.8) is 0 Å². The van der Waals surface area contributed by atoms with Crippen molar-refractivity contribution in [3.8, 4) is 0 Å². The average Bonchev–Trinajstić information content (AvgIpc) is 2.03. The van der Waals surface area contributed by atoms with Crippen LogP contribution in [0.25, 0.3) is 0 Å². The second-order valence-electron chi connectivity index (χ2n) is 2.61. The second-order valence-corrected chi connectivity index (χ2v) is 2.61. The number of nitrogen functional groups attached to an aromatic ring is 1. The number of nitrogens with two attached hydrogens (primary N) is 1. The van der Waals surface area contributed by atoms with Crippen molar-refractivity contribution >= 4 is 11.7 Å². The van der Waals surface area contributed by atoms with Crippen LogP contribution in [0.5, 0.6) is 0 Å². The summed E-state index contributed by atoms with van der Waals surface area (Å²) in [7, 11) is 0. The smallest absolute Gasteiger partial charge is 0.550 e. The Morgan fingerprint density at radius 1 is 1.31 bits per heavy atom. The number of hydrogen-bond donors (Lipinski definition) is 1. The summed E-state index contributed by atoms with van der Waals surface area (Å²) < 4.78 is 0. The molecule has 0 unspecified atom stereocenters. The van der Waals surface area contributed by atoms with Crippen LogP contribution in [0.1, 0.15) is 12.0 Å². The minimum atomic E-state index is -1.02. The minimum Gasteiger partial charge on any atom is -0.550 e. The van der Waals surface area contributed by atoms with Gasteiger partial charge in [-0.3, -0.25) is 0 Å². The Morgan fingerprint density at radius 2 is 1.85 bits per heavy atom. The number of hydrogen-bond acceptors (Lipinski definition) is 3. The number of aryl methyl sites for hydroxylation is 1.